The van der Waals surface area contributed by atoms with Gasteiger partial charge in [-0.1, -0.05) is 0 Å². The maximum Gasteiger partial charge on any atom is 0.0662 e. The van der Waals surface area contributed by atoms with Gasteiger partial charge in [0.2, 0.25) is 0 Å². The van der Waals surface area contributed by atoms with E-state index in [1.807, 2.05) is 0 Å². The lowest BCUT2D eigenvalue weighted by Gasteiger charge is -1.70. The number of aliphatic hydroxyl groups is 2. The lowest BCUT2D eigenvalue weighted by molar-refractivity contribution is 0.186. The first kappa shape index (κ1) is 166. The minimum Gasteiger partial charge on any atom is -0.394 e. The van der Waals surface area contributed by atoms with Gasteiger partial charge in [-0.25, -0.2) is 0 Å². The SMILES string of the molecule is C=C.C=C.C=C.C=C.C=C.C=C.C=C.C=C.C=C.C=C.C=C.C=C.C=C.C=C.C=C.C=C.C=C.C=C.C=C.OCCO. The van der Waals surface area contributed by atoms with E-state index in [-0.39, 0.29) is 13.2 Å². The molecule has 2 N–H and O–H groups in total. The Bertz CT molecular complexity index is 113. The predicted molar refractivity (Wildman–Crippen MR) is 228 cm³/mol. The van der Waals surface area contributed by atoms with Crippen LogP contribution in [0.2, 0.25) is 0 Å². The smallest absolute Gasteiger partial charge is 0.0662 e. The lowest BCUT2D eigenvalue weighted by Crippen LogP contribution is -1.85. The van der Waals surface area contributed by atoms with E-state index in [2.05, 4.69) is 250 Å². The van der Waals surface area contributed by atoms with Crippen LogP contribution in [0.25, 0.3) is 0 Å². The van der Waals surface area contributed by atoms with Crippen molar-refractivity contribution in [2.75, 3.05) is 13.2 Å². The van der Waals surface area contributed by atoms with E-state index in [1.165, 1.54) is 0 Å². The van der Waals surface area contributed by atoms with E-state index in [4.69, 9.17) is 10.2 Å². The number of rotatable bonds is 1. The van der Waals surface area contributed by atoms with Crippen LogP contribution < -0.4 is 0 Å². The molecule has 0 saturated carbocycles. The monoisotopic (exact) mass is 595 g/mol. The predicted octanol–water partition coefficient (Wildman–Crippen LogP) is 14.2. The molecule has 0 rings (SSSR count). The Kier molecular flexibility index (Phi) is 19100. The van der Waals surface area contributed by atoms with Crippen molar-refractivity contribution in [3.63, 3.8) is 0 Å². The second-order valence-electron chi connectivity index (χ2n) is 0.447. The summed E-state index contributed by atoms with van der Waals surface area (Å²) < 4.78 is 0. The third-order valence-corrected chi connectivity index (χ3v) is 0.1000. The third kappa shape index (κ3) is 2500. The summed E-state index contributed by atoms with van der Waals surface area (Å²) in [5.41, 5.74) is 0. The molecule has 0 unspecified atom stereocenters. The van der Waals surface area contributed by atoms with Gasteiger partial charge in [0.15, 0.2) is 0 Å². The molecule has 0 aliphatic heterocycles. The second-order valence-corrected chi connectivity index (χ2v) is 0.447. The first-order chi connectivity index (χ1) is 20.9. The molecule has 254 valence electrons. The summed E-state index contributed by atoms with van der Waals surface area (Å²) in [6.07, 6.45) is 0. The van der Waals surface area contributed by atoms with Gasteiger partial charge in [-0.2, -0.15) is 0 Å². The Hall–Kier alpha value is -5.02. The van der Waals surface area contributed by atoms with E-state index >= 15 is 0 Å². The van der Waals surface area contributed by atoms with Crippen LogP contribution in [0.15, 0.2) is 250 Å². The summed E-state index contributed by atoms with van der Waals surface area (Å²) in [6, 6.07) is 0. The van der Waals surface area contributed by atoms with Crippen LogP contribution in [0.3, 0.4) is 0 Å². The maximum absolute atomic E-state index is 7.62. The highest BCUT2D eigenvalue weighted by Gasteiger charge is 1.58. The highest BCUT2D eigenvalue weighted by Crippen LogP contribution is 1.39. The molecule has 0 aliphatic rings. The standard InChI is InChI=1S/C2H6O2.19C2H4/c3-1-2-4;19*1-2/h3-4H,1-2H2;19*1-2H2. The minimum absolute atomic E-state index is 0.125. The Morgan fingerprint density at radius 3 is 0.167 bits per heavy atom. The summed E-state index contributed by atoms with van der Waals surface area (Å²) >= 11 is 0. The summed E-state index contributed by atoms with van der Waals surface area (Å²) in [5.74, 6) is 0. The molecular formula is C40H82O2. The Morgan fingerprint density at radius 2 is 0.167 bits per heavy atom. The highest BCUT2D eigenvalue weighted by molar-refractivity contribution is 4.26. The molecule has 2 nitrogen and oxygen atoms in total. The number of aliphatic hydroxyl groups excluding tert-OH is 2. The first-order valence-electron chi connectivity index (χ1n) is 10.6. The van der Waals surface area contributed by atoms with Gasteiger partial charge >= 0.3 is 0 Å². The Balaban J connectivity index is -0.00000000677. The van der Waals surface area contributed by atoms with Crippen LogP contribution >= 0.6 is 0 Å². The molecule has 0 aromatic rings. The van der Waals surface area contributed by atoms with Gasteiger partial charge in [0, 0.05) is 0 Å². The molecule has 0 spiro atoms. The van der Waals surface area contributed by atoms with Crippen LogP contribution in [0.1, 0.15) is 0 Å². The zero-order valence-electron chi connectivity index (χ0n) is 29.2. The fourth-order valence-electron chi connectivity index (χ4n) is 0. The van der Waals surface area contributed by atoms with Gasteiger partial charge in [-0.05, 0) is 0 Å². The Morgan fingerprint density at radius 1 is 0.143 bits per heavy atom. The summed E-state index contributed by atoms with van der Waals surface area (Å²) in [4.78, 5) is 0. The van der Waals surface area contributed by atoms with E-state index in [0.29, 0.717) is 0 Å². The van der Waals surface area contributed by atoms with Crippen molar-refractivity contribution in [2.45, 2.75) is 0 Å². The number of hydrogen-bond donors (Lipinski definition) is 2. The van der Waals surface area contributed by atoms with Gasteiger partial charge in [0.25, 0.3) is 0 Å². The Labute approximate surface area is 273 Å². The third-order valence-electron chi connectivity index (χ3n) is 0.1000. The highest BCUT2D eigenvalue weighted by atomic mass is 16.3. The van der Waals surface area contributed by atoms with Crippen LogP contribution in [-0.2, 0) is 0 Å². The van der Waals surface area contributed by atoms with E-state index < -0.39 is 0 Å². The molecule has 0 radical (unpaired) electrons. The van der Waals surface area contributed by atoms with E-state index in [1.54, 1.807) is 0 Å². The van der Waals surface area contributed by atoms with Gasteiger partial charge in [-0.15, -0.1) is 250 Å². The van der Waals surface area contributed by atoms with Crippen molar-refractivity contribution in [2.24, 2.45) is 0 Å². The topological polar surface area (TPSA) is 40.5 Å². The average Bonchev–Trinajstić information content (AvgIpc) is 3.23. The molecule has 0 aliphatic carbocycles. The van der Waals surface area contributed by atoms with E-state index in [9.17, 15) is 0 Å². The zero-order valence-corrected chi connectivity index (χ0v) is 29.2. The summed E-state index contributed by atoms with van der Waals surface area (Å²) in [6.45, 7) is 114. The molecule has 0 aromatic carbocycles. The van der Waals surface area contributed by atoms with Crippen molar-refractivity contribution in [3.8, 4) is 0 Å². The van der Waals surface area contributed by atoms with Gasteiger partial charge in [0.1, 0.15) is 0 Å². The van der Waals surface area contributed by atoms with Gasteiger partial charge in [-0.3, -0.25) is 0 Å². The van der Waals surface area contributed by atoms with Crippen molar-refractivity contribution in [1.82, 2.24) is 0 Å². The number of hydrogen-bond acceptors (Lipinski definition) is 2. The van der Waals surface area contributed by atoms with Crippen molar-refractivity contribution in [1.29, 1.82) is 0 Å². The molecule has 0 heterocycles. The van der Waals surface area contributed by atoms with Gasteiger partial charge < -0.3 is 10.2 Å². The van der Waals surface area contributed by atoms with Crippen LogP contribution in [-0.4, -0.2) is 23.4 Å². The van der Waals surface area contributed by atoms with Gasteiger partial charge in [0.05, 0.1) is 13.2 Å². The lowest BCUT2D eigenvalue weighted by atomic mass is 10.8. The van der Waals surface area contributed by atoms with Crippen LogP contribution in [0.5, 0.6) is 0 Å². The summed E-state index contributed by atoms with van der Waals surface area (Å²) in [5, 5.41) is 15.2. The van der Waals surface area contributed by atoms with E-state index in [0.717, 1.165) is 0 Å². The summed E-state index contributed by atoms with van der Waals surface area (Å²) in [7, 11) is 0. The van der Waals surface area contributed by atoms with Crippen molar-refractivity contribution < 1.29 is 10.2 Å². The fourth-order valence-corrected chi connectivity index (χ4v) is 0. The molecule has 0 amide bonds. The zero-order chi connectivity index (χ0) is 41.4. The normalized spacial score (nSPS) is 2.52. The molecule has 42 heavy (non-hydrogen) atoms. The molecule has 0 bridgehead atoms. The molecule has 0 aromatic heterocycles. The van der Waals surface area contributed by atoms with Crippen molar-refractivity contribution in [3.05, 3.63) is 250 Å². The van der Waals surface area contributed by atoms with Crippen molar-refractivity contribution >= 4 is 0 Å². The molecule has 0 fully saturated rings. The molecule has 2 heteroatoms. The van der Waals surface area contributed by atoms with Crippen LogP contribution in [0, 0.1) is 0 Å². The maximum atomic E-state index is 7.62. The molecule has 0 atom stereocenters. The molecular weight excluding hydrogens is 512 g/mol. The second kappa shape index (κ2) is 4830. The largest absolute Gasteiger partial charge is 0.394 e. The quantitative estimate of drug-likeness (QED) is 0.296. The minimum atomic E-state index is -0.125. The first-order valence-corrected chi connectivity index (χ1v) is 10.6. The van der Waals surface area contributed by atoms with Crippen LogP contribution in [0.4, 0.5) is 0 Å². The molecule has 0 saturated heterocycles. The fraction of sp³-hybridized carbons (Fsp3) is 0.0500. The average molecular weight is 595 g/mol.